The highest BCUT2D eigenvalue weighted by Crippen LogP contribution is 2.27. The third-order valence-corrected chi connectivity index (χ3v) is 4.18. The average Bonchev–Trinajstić information content (AvgIpc) is 3.26. The zero-order valence-corrected chi connectivity index (χ0v) is 14.0. The molecule has 0 spiro atoms. The van der Waals surface area contributed by atoms with E-state index in [1.807, 2.05) is 6.07 Å². The van der Waals surface area contributed by atoms with E-state index in [1.165, 1.54) is 11.3 Å². The van der Waals surface area contributed by atoms with Crippen molar-refractivity contribution in [2.45, 2.75) is 13.3 Å². The Morgan fingerprint density at radius 1 is 1.44 bits per heavy atom. The maximum atomic E-state index is 12.6. The van der Waals surface area contributed by atoms with E-state index in [4.69, 9.17) is 10.2 Å². The van der Waals surface area contributed by atoms with Crippen molar-refractivity contribution in [2.75, 3.05) is 5.32 Å². The van der Waals surface area contributed by atoms with Gasteiger partial charge in [0.25, 0.3) is 5.91 Å². The first-order valence-corrected chi connectivity index (χ1v) is 8.08. The Morgan fingerprint density at radius 2 is 2.16 bits per heavy atom. The van der Waals surface area contributed by atoms with Crippen molar-refractivity contribution in [3.05, 3.63) is 52.5 Å². The molecule has 25 heavy (non-hydrogen) atoms. The number of nitrogens with two attached hydrogens (primary N) is 1. The van der Waals surface area contributed by atoms with Crippen LogP contribution in [0.2, 0.25) is 0 Å². The van der Waals surface area contributed by atoms with Crippen molar-refractivity contribution >= 4 is 28.3 Å². The quantitative estimate of drug-likeness (QED) is 0.723. The van der Waals surface area contributed by atoms with E-state index in [2.05, 4.69) is 10.3 Å². The largest absolute Gasteiger partial charge is 0.443 e. The smallest absolute Gasteiger partial charge is 0.262 e. The summed E-state index contributed by atoms with van der Waals surface area (Å²) in [7, 11) is 0. The van der Waals surface area contributed by atoms with Crippen LogP contribution in [0.15, 0.2) is 34.3 Å². The first-order chi connectivity index (χ1) is 12.0. The lowest BCUT2D eigenvalue weighted by molar-refractivity contribution is -0.117. The first kappa shape index (κ1) is 16.5. The minimum absolute atomic E-state index is 0.00166. The second-order valence-corrected chi connectivity index (χ2v) is 6.01. The van der Waals surface area contributed by atoms with Crippen molar-refractivity contribution in [3.63, 3.8) is 0 Å². The molecule has 0 aliphatic carbocycles. The van der Waals surface area contributed by atoms with Crippen LogP contribution in [-0.2, 0) is 11.2 Å². The molecule has 3 aromatic heterocycles. The molecule has 9 heteroatoms. The second kappa shape index (κ2) is 6.62. The molecule has 3 rings (SSSR count). The lowest BCUT2D eigenvalue weighted by atomic mass is 10.1. The first-order valence-electron chi connectivity index (χ1n) is 7.20. The van der Waals surface area contributed by atoms with Crippen molar-refractivity contribution in [1.29, 1.82) is 5.26 Å². The molecule has 2 amide bonds. The number of rotatable bonds is 5. The van der Waals surface area contributed by atoms with E-state index in [0.29, 0.717) is 16.6 Å². The van der Waals surface area contributed by atoms with E-state index in [0.717, 1.165) is 0 Å². The van der Waals surface area contributed by atoms with Crippen LogP contribution in [0.25, 0.3) is 5.88 Å². The van der Waals surface area contributed by atoms with Gasteiger partial charge in [0.05, 0.1) is 12.1 Å². The van der Waals surface area contributed by atoms with E-state index in [-0.39, 0.29) is 23.4 Å². The molecule has 0 saturated heterocycles. The van der Waals surface area contributed by atoms with E-state index < -0.39 is 11.8 Å². The number of primary amides is 1. The molecule has 0 unspecified atom stereocenters. The molecular weight excluding hydrogens is 342 g/mol. The molecule has 3 heterocycles. The number of hydrogen-bond donors (Lipinski definition) is 2. The predicted molar refractivity (Wildman–Crippen MR) is 90.5 cm³/mol. The number of carbonyl (C=O) groups is 2. The molecule has 0 aromatic carbocycles. The Hall–Kier alpha value is -3.38. The Bertz CT molecular complexity index is 978. The Kier molecular flexibility index (Phi) is 4.36. The molecular formula is C16H13N5O3S. The fourth-order valence-electron chi connectivity index (χ4n) is 2.34. The van der Waals surface area contributed by atoms with Gasteiger partial charge >= 0.3 is 0 Å². The summed E-state index contributed by atoms with van der Waals surface area (Å²) in [6.07, 6.45) is 3.44. The van der Waals surface area contributed by atoms with E-state index in [9.17, 15) is 14.9 Å². The van der Waals surface area contributed by atoms with Gasteiger partial charge in [-0.2, -0.15) is 5.26 Å². The number of nitrogens with zero attached hydrogens (tertiary/aromatic N) is 3. The molecule has 0 aliphatic rings. The zero-order valence-electron chi connectivity index (χ0n) is 13.1. The van der Waals surface area contributed by atoms with Crippen molar-refractivity contribution in [1.82, 2.24) is 9.55 Å². The molecule has 0 bridgehead atoms. The number of aromatic nitrogens is 2. The third-order valence-electron chi connectivity index (χ3n) is 3.37. The molecule has 8 nitrogen and oxygen atoms in total. The number of carbonyl (C=O) groups excluding carboxylic acids is 2. The predicted octanol–water partition coefficient (Wildman–Crippen LogP) is 1.99. The van der Waals surface area contributed by atoms with Crippen LogP contribution in [0.3, 0.4) is 0 Å². The van der Waals surface area contributed by atoms with Crippen LogP contribution in [0.5, 0.6) is 0 Å². The topological polar surface area (TPSA) is 127 Å². The summed E-state index contributed by atoms with van der Waals surface area (Å²) >= 11 is 1.17. The third kappa shape index (κ3) is 3.29. The summed E-state index contributed by atoms with van der Waals surface area (Å²) in [5.74, 6) is -0.400. The van der Waals surface area contributed by atoms with Crippen LogP contribution >= 0.6 is 11.3 Å². The molecule has 126 valence electrons. The van der Waals surface area contributed by atoms with E-state index in [1.54, 1.807) is 41.4 Å². The molecule has 0 atom stereocenters. The van der Waals surface area contributed by atoms with Gasteiger partial charge in [-0.1, -0.05) is 0 Å². The van der Waals surface area contributed by atoms with Gasteiger partial charge in [0.1, 0.15) is 23.0 Å². The van der Waals surface area contributed by atoms with Gasteiger partial charge in [-0.3, -0.25) is 19.5 Å². The second-order valence-electron chi connectivity index (χ2n) is 5.16. The van der Waals surface area contributed by atoms with Crippen LogP contribution in [0.4, 0.5) is 5.13 Å². The molecule has 3 N–H and O–H groups in total. The van der Waals surface area contributed by atoms with Crippen LogP contribution in [-0.4, -0.2) is 21.4 Å². The van der Waals surface area contributed by atoms with Gasteiger partial charge in [-0.25, -0.2) is 4.98 Å². The number of anilines is 1. The lowest BCUT2D eigenvalue weighted by Gasteiger charge is -2.01. The number of furan rings is 1. The number of nitrogens with one attached hydrogen (secondary N) is 1. The highest BCUT2D eigenvalue weighted by Gasteiger charge is 2.25. The summed E-state index contributed by atoms with van der Waals surface area (Å²) in [6.45, 7) is 1.61. The summed E-state index contributed by atoms with van der Waals surface area (Å²) in [5, 5.41) is 14.0. The Balaban J connectivity index is 1.89. The fourth-order valence-corrected chi connectivity index (χ4v) is 3.05. The van der Waals surface area contributed by atoms with Gasteiger partial charge in [0, 0.05) is 17.8 Å². The molecule has 0 fully saturated rings. The Morgan fingerprint density at radius 3 is 2.80 bits per heavy atom. The molecule has 0 radical (unpaired) electrons. The summed E-state index contributed by atoms with van der Waals surface area (Å²) in [5.41, 5.74) is 5.89. The highest BCUT2D eigenvalue weighted by atomic mass is 32.1. The van der Waals surface area contributed by atoms with Gasteiger partial charge in [0.15, 0.2) is 5.13 Å². The van der Waals surface area contributed by atoms with Crippen LogP contribution < -0.4 is 11.1 Å². The summed E-state index contributed by atoms with van der Waals surface area (Å²) < 4.78 is 7.22. The van der Waals surface area contributed by atoms with Crippen molar-refractivity contribution < 1.29 is 14.0 Å². The van der Waals surface area contributed by atoms with Gasteiger partial charge in [-0.15, -0.1) is 11.3 Å². The number of nitriles is 1. The fraction of sp³-hybridized carbons (Fsp3) is 0.125. The maximum Gasteiger partial charge on any atom is 0.262 e. The number of amides is 2. The summed E-state index contributed by atoms with van der Waals surface area (Å²) in [4.78, 5) is 27.6. The van der Waals surface area contributed by atoms with Crippen molar-refractivity contribution in [3.8, 4) is 12.0 Å². The molecule has 0 aliphatic heterocycles. The minimum atomic E-state index is -0.504. The van der Waals surface area contributed by atoms with Crippen LogP contribution in [0.1, 0.15) is 27.4 Å². The lowest BCUT2D eigenvalue weighted by Crippen LogP contribution is -2.15. The van der Waals surface area contributed by atoms with Gasteiger partial charge in [0.2, 0.25) is 11.8 Å². The Labute approximate surface area is 146 Å². The average molecular weight is 355 g/mol. The van der Waals surface area contributed by atoms with E-state index >= 15 is 0 Å². The molecule has 0 saturated carbocycles. The number of thiazole rings is 1. The van der Waals surface area contributed by atoms with Gasteiger partial charge in [-0.05, 0) is 19.1 Å². The van der Waals surface area contributed by atoms with Gasteiger partial charge < -0.3 is 10.2 Å². The van der Waals surface area contributed by atoms with Crippen molar-refractivity contribution in [2.24, 2.45) is 5.73 Å². The summed E-state index contributed by atoms with van der Waals surface area (Å²) in [6, 6.07) is 5.59. The molecule has 3 aromatic rings. The normalized spacial score (nSPS) is 10.4. The standard InChI is InChI=1S/C16H13N5O3S/c1-9-13(11(7-17)15(24-9)21-4-2-3-5-21)14(23)20-16-19-10(8-25-16)6-12(18)22/h2-5,8H,6H2,1H3,(H2,18,22)(H,19,20,23). The SMILES string of the molecule is Cc1oc(-n2cccc2)c(C#N)c1C(=O)Nc1nc(CC(N)=O)cs1. The van der Waals surface area contributed by atoms with Crippen LogP contribution in [0, 0.1) is 18.3 Å². The highest BCUT2D eigenvalue weighted by molar-refractivity contribution is 7.14. The zero-order chi connectivity index (χ0) is 18.0. The number of aryl methyl sites for hydroxylation is 1. The maximum absolute atomic E-state index is 12.6. The minimum Gasteiger partial charge on any atom is -0.443 e. The number of hydrogen-bond acceptors (Lipinski definition) is 6. The monoisotopic (exact) mass is 355 g/mol.